The Morgan fingerprint density at radius 1 is 1.29 bits per heavy atom. The SMILES string of the molecule is CC(=O)Nc1ccc(S(=O)(=O)NC2CCCC2CCl)cc1. The van der Waals surface area contributed by atoms with Crippen LogP contribution in [0.3, 0.4) is 0 Å². The van der Waals surface area contributed by atoms with E-state index in [4.69, 9.17) is 11.6 Å². The number of alkyl halides is 1. The molecule has 2 rings (SSSR count). The normalized spacial score (nSPS) is 22.2. The third-order valence-corrected chi connectivity index (χ3v) is 5.55. The Balaban J connectivity index is 2.10. The van der Waals surface area contributed by atoms with Gasteiger partial charge in [-0.05, 0) is 43.0 Å². The van der Waals surface area contributed by atoms with Crippen LogP contribution in [0.2, 0.25) is 0 Å². The monoisotopic (exact) mass is 330 g/mol. The van der Waals surface area contributed by atoms with Crippen molar-refractivity contribution in [3.63, 3.8) is 0 Å². The van der Waals surface area contributed by atoms with E-state index >= 15 is 0 Å². The summed E-state index contributed by atoms with van der Waals surface area (Å²) in [5.41, 5.74) is 0.570. The third kappa shape index (κ3) is 4.18. The Labute approximate surface area is 130 Å². The van der Waals surface area contributed by atoms with Crippen molar-refractivity contribution < 1.29 is 13.2 Å². The first-order chi connectivity index (χ1) is 9.92. The molecule has 0 heterocycles. The van der Waals surface area contributed by atoms with Gasteiger partial charge in [-0.2, -0.15) is 0 Å². The van der Waals surface area contributed by atoms with Crippen molar-refractivity contribution in [1.82, 2.24) is 4.72 Å². The van der Waals surface area contributed by atoms with Crippen molar-refractivity contribution in [2.45, 2.75) is 37.1 Å². The molecule has 116 valence electrons. The van der Waals surface area contributed by atoms with E-state index in [2.05, 4.69) is 10.0 Å². The first-order valence-corrected chi connectivity index (χ1v) is 8.90. The van der Waals surface area contributed by atoms with Gasteiger partial charge < -0.3 is 5.32 Å². The van der Waals surface area contributed by atoms with Gasteiger partial charge in [-0.25, -0.2) is 13.1 Å². The number of anilines is 1. The zero-order valence-corrected chi connectivity index (χ0v) is 13.4. The summed E-state index contributed by atoms with van der Waals surface area (Å²) in [7, 11) is -3.55. The summed E-state index contributed by atoms with van der Waals surface area (Å²) >= 11 is 5.87. The van der Waals surface area contributed by atoms with E-state index in [1.54, 1.807) is 12.1 Å². The van der Waals surface area contributed by atoms with Crippen LogP contribution in [0.5, 0.6) is 0 Å². The fourth-order valence-electron chi connectivity index (χ4n) is 2.56. The molecule has 1 fully saturated rings. The zero-order valence-electron chi connectivity index (χ0n) is 11.8. The van der Waals surface area contributed by atoms with E-state index in [9.17, 15) is 13.2 Å². The number of sulfonamides is 1. The molecule has 0 aliphatic heterocycles. The highest BCUT2D eigenvalue weighted by molar-refractivity contribution is 7.89. The molecule has 1 saturated carbocycles. The molecule has 1 aliphatic rings. The summed E-state index contributed by atoms with van der Waals surface area (Å²) in [6.07, 6.45) is 2.77. The second kappa shape index (κ2) is 6.77. The molecule has 0 saturated heterocycles. The van der Waals surface area contributed by atoms with Crippen molar-refractivity contribution in [2.75, 3.05) is 11.2 Å². The van der Waals surface area contributed by atoms with E-state index in [0.717, 1.165) is 19.3 Å². The zero-order chi connectivity index (χ0) is 15.5. The number of carbonyl (C=O) groups excluding carboxylic acids is 1. The maximum atomic E-state index is 12.3. The Bertz CT molecular complexity index is 601. The number of benzene rings is 1. The lowest BCUT2D eigenvalue weighted by atomic mass is 10.1. The molecule has 0 spiro atoms. The van der Waals surface area contributed by atoms with Gasteiger partial charge in [-0.15, -0.1) is 11.6 Å². The summed E-state index contributed by atoms with van der Waals surface area (Å²) < 4.78 is 27.4. The van der Waals surface area contributed by atoms with E-state index in [-0.39, 0.29) is 22.8 Å². The summed E-state index contributed by atoms with van der Waals surface area (Å²) in [6.45, 7) is 1.40. The standard InChI is InChI=1S/C14H19ClN2O3S/c1-10(18)16-12-5-7-13(8-6-12)21(19,20)17-14-4-2-3-11(14)9-15/h5-8,11,14,17H,2-4,9H2,1H3,(H,16,18). The second-order valence-corrected chi connectivity index (χ2v) is 7.30. The highest BCUT2D eigenvalue weighted by Crippen LogP contribution is 2.28. The van der Waals surface area contributed by atoms with Crippen LogP contribution in [0.15, 0.2) is 29.2 Å². The maximum Gasteiger partial charge on any atom is 0.240 e. The molecule has 21 heavy (non-hydrogen) atoms. The number of carbonyl (C=O) groups is 1. The largest absolute Gasteiger partial charge is 0.326 e. The molecule has 2 atom stereocenters. The van der Waals surface area contributed by atoms with Crippen LogP contribution in [-0.2, 0) is 14.8 Å². The van der Waals surface area contributed by atoms with Gasteiger partial charge in [-0.1, -0.05) is 6.42 Å². The quantitative estimate of drug-likeness (QED) is 0.814. The molecule has 1 amide bonds. The molecule has 5 nitrogen and oxygen atoms in total. The van der Waals surface area contributed by atoms with Crippen LogP contribution < -0.4 is 10.0 Å². The van der Waals surface area contributed by atoms with Crippen LogP contribution in [0.1, 0.15) is 26.2 Å². The highest BCUT2D eigenvalue weighted by Gasteiger charge is 2.30. The van der Waals surface area contributed by atoms with Crippen LogP contribution >= 0.6 is 11.6 Å². The van der Waals surface area contributed by atoms with Gasteiger partial charge in [0.2, 0.25) is 15.9 Å². The van der Waals surface area contributed by atoms with Gasteiger partial charge >= 0.3 is 0 Å². The number of amides is 1. The van der Waals surface area contributed by atoms with E-state index in [1.165, 1.54) is 19.1 Å². The third-order valence-electron chi connectivity index (χ3n) is 3.65. The van der Waals surface area contributed by atoms with Gasteiger partial charge in [0.25, 0.3) is 0 Å². The number of halogens is 1. The minimum Gasteiger partial charge on any atom is -0.326 e. The van der Waals surface area contributed by atoms with Crippen molar-refractivity contribution in [1.29, 1.82) is 0 Å². The lowest BCUT2D eigenvalue weighted by molar-refractivity contribution is -0.114. The van der Waals surface area contributed by atoms with Gasteiger partial charge in [0.05, 0.1) is 4.90 Å². The van der Waals surface area contributed by atoms with Crippen molar-refractivity contribution >= 4 is 33.2 Å². The predicted octanol–water partition coefficient (Wildman–Crippen LogP) is 2.33. The Morgan fingerprint density at radius 3 is 2.52 bits per heavy atom. The molecule has 2 unspecified atom stereocenters. The summed E-state index contributed by atoms with van der Waals surface area (Å²) in [5.74, 6) is 0.467. The van der Waals surface area contributed by atoms with Crippen molar-refractivity contribution in [3.8, 4) is 0 Å². The van der Waals surface area contributed by atoms with Crippen LogP contribution in [0.4, 0.5) is 5.69 Å². The molecule has 0 bridgehead atoms. The average Bonchev–Trinajstić information content (AvgIpc) is 2.85. The predicted molar refractivity (Wildman–Crippen MR) is 82.9 cm³/mol. The average molecular weight is 331 g/mol. The highest BCUT2D eigenvalue weighted by atomic mass is 35.5. The van der Waals surface area contributed by atoms with E-state index in [0.29, 0.717) is 11.6 Å². The Kier molecular flexibility index (Phi) is 5.24. The lowest BCUT2D eigenvalue weighted by Gasteiger charge is -2.19. The number of hydrogen-bond acceptors (Lipinski definition) is 3. The molecule has 0 radical (unpaired) electrons. The minimum absolute atomic E-state index is 0.0949. The summed E-state index contributed by atoms with van der Waals surface area (Å²) in [4.78, 5) is 11.1. The first-order valence-electron chi connectivity index (χ1n) is 6.88. The summed E-state index contributed by atoms with van der Waals surface area (Å²) in [6, 6.07) is 6.02. The van der Waals surface area contributed by atoms with Crippen molar-refractivity contribution in [3.05, 3.63) is 24.3 Å². The fourth-order valence-corrected chi connectivity index (χ4v) is 4.27. The molecular weight excluding hydrogens is 312 g/mol. The molecule has 2 N–H and O–H groups in total. The Hall–Kier alpha value is -1.11. The lowest BCUT2D eigenvalue weighted by Crippen LogP contribution is -2.37. The maximum absolute atomic E-state index is 12.3. The van der Waals surface area contributed by atoms with Crippen LogP contribution in [0, 0.1) is 5.92 Å². The van der Waals surface area contributed by atoms with Gasteiger partial charge in [-0.3, -0.25) is 4.79 Å². The number of nitrogens with one attached hydrogen (secondary N) is 2. The Morgan fingerprint density at radius 2 is 1.95 bits per heavy atom. The molecule has 0 aromatic heterocycles. The van der Waals surface area contributed by atoms with Crippen LogP contribution in [0.25, 0.3) is 0 Å². The summed E-state index contributed by atoms with van der Waals surface area (Å²) in [5, 5.41) is 2.60. The number of hydrogen-bond donors (Lipinski definition) is 2. The number of rotatable bonds is 5. The van der Waals surface area contributed by atoms with Gasteiger partial charge in [0.1, 0.15) is 0 Å². The van der Waals surface area contributed by atoms with E-state index in [1.807, 2.05) is 0 Å². The smallest absolute Gasteiger partial charge is 0.240 e. The minimum atomic E-state index is -3.55. The first kappa shape index (κ1) is 16.3. The van der Waals surface area contributed by atoms with Crippen LogP contribution in [-0.4, -0.2) is 26.2 Å². The molecule has 1 aliphatic carbocycles. The van der Waals surface area contributed by atoms with Gasteiger partial charge in [0, 0.05) is 24.5 Å². The fraction of sp³-hybridized carbons (Fsp3) is 0.500. The van der Waals surface area contributed by atoms with Crippen molar-refractivity contribution in [2.24, 2.45) is 5.92 Å². The molecule has 1 aromatic rings. The molecule has 7 heteroatoms. The molecule has 1 aromatic carbocycles. The van der Waals surface area contributed by atoms with Gasteiger partial charge in [0.15, 0.2) is 0 Å². The van der Waals surface area contributed by atoms with E-state index < -0.39 is 10.0 Å². The topological polar surface area (TPSA) is 75.3 Å². The molecular formula is C14H19ClN2O3S. The second-order valence-electron chi connectivity index (χ2n) is 5.28.